The Bertz CT molecular complexity index is 145. The molecule has 1 saturated heterocycles. The molecule has 0 bridgehead atoms. The van der Waals surface area contributed by atoms with Crippen molar-refractivity contribution in [2.75, 3.05) is 13.1 Å². The quantitative estimate of drug-likeness (QED) is 0.541. The Kier molecular flexibility index (Phi) is 3.43. The SMILES string of the molecule is CC[C@H](F)[C@H]1CNC[C@@H](O)[C@@H]1O. The molecule has 0 saturated carbocycles. The second kappa shape index (κ2) is 4.16. The number of alkyl halides is 1. The number of aliphatic hydroxyl groups is 2. The summed E-state index contributed by atoms with van der Waals surface area (Å²) < 4.78 is 13.1. The van der Waals surface area contributed by atoms with Gasteiger partial charge in [0.05, 0.1) is 12.2 Å². The van der Waals surface area contributed by atoms with Crippen molar-refractivity contribution in [1.29, 1.82) is 0 Å². The predicted molar refractivity (Wildman–Crippen MR) is 43.6 cm³/mol. The molecule has 4 atom stereocenters. The van der Waals surface area contributed by atoms with E-state index < -0.39 is 24.3 Å². The molecule has 0 amide bonds. The fourth-order valence-electron chi connectivity index (χ4n) is 1.57. The summed E-state index contributed by atoms with van der Waals surface area (Å²) >= 11 is 0. The zero-order valence-corrected chi connectivity index (χ0v) is 7.20. The first-order valence-corrected chi connectivity index (χ1v) is 4.37. The lowest BCUT2D eigenvalue weighted by Crippen LogP contribution is -2.53. The van der Waals surface area contributed by atoms with Crippen molar-refractivity contribution in [3.05, 3.63) is 0 Å². The fraction of sp³-hybridized carbons (Fsp3) is 1.00. The van der Waals surface area contributed by atoms with Crippen molar-refractivity contribution in [2.45, 2.75) is 31.7 Å². The van der Waals surface area contributed by atoms with E-state index in [0.29, 0.717) is 19.5 Å². The number of aliphatic hydroxyl groups excluding tert-OH is 2. The Hall–Kier alpha value is -0.190. The number of halogens is 1. The van der Waals surface area contributed by atoms with E-state index in [0.717, 1.165) is 0 Å². The number of rotatable bonds is 2. The van der Waals surface area contributed by atoms with Crippen molar-refractivity contribution in [2.24, 2.45) is 5.92 Å². The third-order valence-electron chi connectivity index (χ3n) is 2.42. The smallest absolute Gasteiger partial charge is 0.106 e. The highest BCUT2D eigenvalue weighted by molar-refractivity contribution is 4.87. The zero-order valence-electron chi connectivity index (χ0n) is 7.20. The molecular formula is C8H16FNO2. The van der Waals surface area contributed by atoms with Crippen LogP contribution in [0.15, 0.2) is 0 Å². The van der Waals surface area contributed by atoms with Crippen molar-refractivity contribution in [3.63, 3.8) is 0 Å². The normalized spacial score (nSPS) is 39.5. The Morgan fingerprint density at radius 1 is 1.50 bits per heavy atom. The van der Waals surface area contributed by atoms with Crippen LogP contribution < -0.4 is 5.32 Å². The fourth-order valence-corrected chi connectivity index (χ4v) is 1.57. The second-order valence-electron chi connectivity index (χ2n) is 3.30. The van der Waals surface area contributed by atoms with Crippen molar-refractivity contribution >= 4 is 0 Å². The van der Waals surface area contributed by atoms with Gasteiger partial charge in [-0.2, -0.15) is 0 Å². The molecule has 0 spiro atoms. The van der Waals surface area contributed by atoms with Gasteiger partial charge in [-0.1, -0.05) is 6.92 Å². The summed E-state index contributed by atoms with van der Waals surface area (Å²) in [6.45, 7) is 2.54. The van der Waals surface area contributed by atoms with Crippen LogP contribution in [0.1, 0.15) is 13.3 Å². The van der Waals surface area contributed by atoms with Crippen LogP contribution in [0.25, 0.3) is 0 Å². The van der Waals surface area contributed by atoms with Crippen LogP contribution in [-0.4, -0.2) is 41.7 Å². The van der Waals surface area contributed by atoms with Gasteiger partial charge < -0.3 is 15.5 Å². The average Bonchev–Trinajstić information content (AvgIpc) is 2.08. The molecular weight excluding hydrogens is 161 g/mol. The first kappa shape index (κ1) is 9.89. The topological polar surface area (TPSA) is 52.5 Å². The molecule has 1 heterocycles. The van der Waals surface area contributed by atoms with E-state index in [-0.39, 0.29) is 0 Å². The highest BCUT2D eigenvalue weighted by Crippen LogP contribution is 2.20. The number of nitrogens with one attached hydrogen (secondary N) is 1. The molecule has 12 heavy (non-hydrogen) atoms. The third kappa shape index (κ3) is 1.94. The Morgan fingerprint density at radius 2 is 2.17 bits per heavy atom. The lowest BCUT2D eigenvalue weighted by Gasteiger charge is -2.34. The molecule has 0 aromatic carbocycles. The second-order valence-corrected chi connectivity index (χ2v) is 3.30. The molecule has 0 radical (unpaired) electrons. The molecule has 0 aliphatic carbocycles. The Labute approximate surface area is 71.6 Å². The molecule has 1 rings (SSSR count). The maximum Gasteiger partial charge on any atom is 0.106 e. The largest absolute Gasteiger partial charge is 0.390 e. The van der Waals surface area contributed by atoms with Crippen LogP contribution in [0.2, 0.25) is 0 Å². The van der Waals surface area contributed by atoms with Crippen LogP contribution in [-0.2, 0) is 0 Å². The summed E-state index contributed by atoms with van der Waals surface area (Å²) in [5.41, 5.74) is 0. The molecule has 0 aromatic heterocycles. The minimum Gasteiger partial charge on any atom is -0.390 e. The van der Waals surface area contributed by atoms with Gasteiger partial charge in [-0.15, -0.1) is 0 Å². The highest BCUT2D eigenvalue weighted by atomic mass is 19.1. The number of hydrogen-bond donors (Lipinski definition) is 3. The summed E-state index contributed by atoms with van der Waals surface area (Å²) in [5.74, 6) is -0.459. The molecule has 1 aliphatic heterocycles. The molecule has 4 heteroatoms. The maximum absolute atomic E-state index is 13.1. The van der Waals surface area contributed by atoms with Gasteiger partial charge in [-0.05, 0) is 6.42 Å². The molecule has 0 aromatic rings. The maximum atomic E-state index is 13.1. The number of β-amino-alcohol motifs (C(OH)–C–C–N with tert-alkyl or cyclic N) is 1. The monoisotopic (exact) mass is 177 g/mol. The van der Waals surface area contributed by atoms with Crippen molar-refractivity contribution in [1.82, 2.24) is 5.32 Å². The van der Waals surface area contributed by atoms with E-state index in [1.165, 1.54) is 0 Å². The van der Waals surface area contributed by atoms with E-state index in [4.69, 9.17) is 0 Å². The van der Waals surface area contributed by atoms with Crippen molar-refractivity contribution < 1.29 is 14.6 Å². The van der Waals surface area contributed by atoms with Gasteiger partial charge >= 0.3 is 0 Å². The van der Waals surface area contributed by atoms with E-state index in [1.807, 2.05) is 0 Å². The zero-order chi connectivity index (χ0) is 9.14. The van der Waals surface area contributed by atoms with Gasteiger partial charge in [-0.25, -0.2) is 4.39 Å². The van der Waals surface area contributed by atoms with Crippen LogP contribution in [0, 0.1) is 5.92 Å². The molecule has 1 aliphatic rings. The first-order chi connectivity index (χ1) is 5.66. The lowest BCUT2D eigenvalue weighted by atomic mass is 9.89. The van der Waals surface area contributed by atoms with Gasteiger partial charge in [-0.3, -0.25) is 0 Å². The summed E-state index contributed by atoms with van der Waals surface area (Å²) in [6, 6.07) is 0. The standard InChI is InChI=1S/C8H16FNO2/c1-2-6(9)5-3-10-4-7(11)8(5)12/h5-8,10-12H,2-4H2,1H3/t5-,6+,7-,8-/m1/s1. The van der Waals surface area contributed by atoms with Gasteiger partial charge in [0.1, 0.15) is 6.17 Å². The van der Waals surface area contributed by atoms with Crippen molar-refractivity contribution in [3.8, 4) is 0 Å². The van der Waals surface area contributed by atoms with Crippen LogP contribution >= 0.6 is 0 Å². The lowest BCUT2D eigenvalue weighted by molar-refractivity contribution is -0.0576. The molecule has 1 fully saturated rings. The van der Waals surface area contributed by atoms with E-state index in [9.17, 15) is 14.6 Å². The average molecular weight is 177 g/mol. The highest BCUT2D eigenvalue weighted by Gasteiger charge is 2.34. The number of hydrogen-bond acceptors (Lipinski definition) is 3. The van der Waals surface area contributed by atoms with Gasteiger partial charge in [0, 0.05) is 19.0 Å². The molecule has 0 unspecified atom stereocenters. The molecule has 72 valence electrons. The summed E-state index contributed by atoms with van der Waals surface area (Å²) in [7, 11) is 0. The summed E-state index contributed by atoms with van der Waals surface area (Å²) in [5, 5.41) is 21.5. The van der Waals surface area contributed by atoms with Gasteiger partial charge in [0.15, 0.2) is 0 Å². The summed E-state index contributed by atoms with van der Waals surface area (Å²) in [4.78, 5) is 0. The minimum absolute atomic E-state index is 0.355. The molecule has 3 nitrogen and oxygen atoms in total. The Morgan fingerprint density at radius 3 is 2.75 bits per heavy atom. The predicted octanol–water partition coefficient (Wildman–Crippen LogP) is -0.324. The minimum atomic E-state index is -1.03. The van der Waals surface area contributed by atoms with E-state index in [1.54, 1.807) is 6.92 Å². The van der Waals surface area contributed by atoms with E-state index >= 15 is 0 Å². The third-order valence-corrected chi connectivity index (χ3v) is 2.42. The van der Waals surface area contributed by atoms with Crippen LogP contribution in [0.5, 0.6) is 0 Å². The van der Waals surface area contributed by atoms with Crippen LogP contribution in [0.4, 0.5) is 4.39 Å². The number of piperidine rings is 1. The molecule has 3 N–H and O–H groups in total. The van der Waals surface area contributed by atoms with E-state index in [2.05, 4.69) is 5.32 Å². The first-order valence-electron chi connectivity index (χ1n) is 4.37. The Balaban J connectivity index is 2.51. The van der Waals surface area contributed by atoms with Gasteiger partial charge in [0.2, 0.25) is 0 Å². The van der Waals surface area contributed by atoms with Crippen LogP contribution in [0.3, 0.4) is 0 Å². The summed E-state index contributed by atoms with van der Waals surface area (Å²) in [6.07, 6.45) is -2.38. The van der Waals surface area contributed by atoms with Gasteiger partial charge in [0.25, 0.3) is 0 Å².